The predicted octanol–water partition coefficient (Wildman–Crippen LogP) is 2.25. The molecule has 2 heterocycles. The highest BCUT2D eigenvalue weighted by Gasteiger charge is 2.26. The van der Waals surface area contributed by atoms with Crippen molar-refractivity contribution in [3.8, 4) is 5.75 Å². The Bertz CT molecular complexity index is 709. The van der Waals surface area contributed by atoms with Crippen LogP contribution in [0.4, 0.5) is 5.82 Å². The monoisotopic (exact) mass is 301 g/mol. The van der Waals surface area contributed by atoms with Crippen LogP contribution < -0.4 is 9.64 Å². The first-order valence-corrected chi connectivity index (χ1v) is 7.38. The Morgan fingerprint density at radius 1 is 1.27 bits per heavy atom. The molecule has 6 heteroatoms. The molecule has 1 aromatic carbocycles. The van der Waals surface area contributed by atoms with Gasteiger partial charge in [-0.25, -0.2) is 9.97 Å². The summed E-state index contributed by atoms with van der Waals surface area (Å²) in [6.45, 7) is 3.34. The highest BCUT2D eigenvalue weighted by molar-refractivity contribution is 5.78. The van der Waals surface area contributed by atoms with Gasteiger partial charge in [0, 0.05) is 19.2 Å². The number of benzene rings is 1. The average molecular weight is 301 g/mol. The van der Waals surface area contributed by atoms with Gasteiger partial charge in [0.1, 0.15) is 5.75 Å². The van der Waals surface area contributed by atoms with Crippen molar-refractivity contribution in [2.75, 3.05) is 25.1 Å². The Morgan fingerprint density at radius 2 is 2.00 bits per heavy atom. The number of carboxylic acids is 1. The number of carboxylic acid groups (broad SMARTS) is 1. The largest absolute Gasteiger partial charge is 0.497 e. The highest BCUT2D eigenvalue weighted by Crippen LogP contribution is 2.27. The zero-order valence-corrected chi connectivity index (χ0v) is 12.7. The maximum Gasteiger partial charge on any atom is 0.306 e. The lowest BCUT2D eigenvalue weighted by atomic mass is 9.97. The Balaban J connectivity index is 1.88. The molecule has 22 heavy (non-hydrogen) atoms. The lowest BCUT2D eigenvalue weighted by molar-refractivity contribution is -0.142. The van der Waals surface area contributed by atoms with E-state index >= 15 is 0 Å². The molecule has 1 saturated heterocycles. The van der Waals surface area contributed by atoms with Crippen molar-refractivity contribution in [3.63, 3.8) is 0 Å². The first kappa shape index (κ1) is 14.6. The molecule has 6 nitrogen and oxygen atoms in total. The molecular formula is C16H19N3O3. The van der Waals surface area contributed by atoms with E-state index in [-0.39, 0.29) is 5.92 Å². The minimum atomic E-state index is -0.701. The van der Waals surface area contributed by atoms with Crippen LogP contribution in [0.25, 0.3) is 11.0 Å². The summed E-state index contributed by atoms with van der Waals surface area (Å²) in [4.78, 5) is 22.5. The van der Waals surface area contributed by atoms with Gasteiger partial charge < -0.3 is 14.7 Å². The number of aromatic nitrogens is 2. The van der Waals surface area contributed by atoms with Crippen LogP contribution in [-0.4, -0.2) is 41.2 Å². The van der Waals surface area contributed by atoms with Gasteiger partial charge in [-0.15, -0.1) is 0 Å². The number of nitrogens with zero attached hydrogens (tertiary/aromatic N) is 3. The second-order valence-electron chi connectivity index (χ2n) is 5.59. The number of ether oxygens (including phenoxy) is 1. The number of piperidine rings is 1. The zero-order chi connectivity index (χ0) is 15.7. The summed E-state index contributed by atoms with van der Waals surface area (Å²) in [5.74, 6) is 0.667. The van der Waals surface area contributed by atoms with Crippen molar-refractivity contribution in [2.45, 2.75) is 19.8 Å². The van der Waals surface area contributed by atoms with Crippen LogP contribution in [0.5, 0.6) is 5.75 Å². The molecule has 0 saturated carbocycles. The number of hydrogen-bond acceptors (Lipinski definition) is 5. The second kappa shape index (κ2) is 5.79. The van der Waals surface area contributed by atoms with Gasteiger partial charge in [-0.3, -0.25) is 4.79 Å². The smallest absolute Gasteiger partial charge is 0.306 e. The van der Waals surface area contributed by atoms with Gasteiger partial charge in [0.15, 0.2) is 5.82 Å². The molecule has 116 valence electrons. The van der Waals surface area contributed by atoms with Gasteiger partial charge in [-0.05, 0) is 31.9 Å². The molecule has 2 aromatic rings. The summed E-state index contributed by atoms with van der Waals surface area (Å²) in [5.41, 5.74) is 2.48. The first-order chi connectivity index (χ1) is 10.6. The van der Waals surface area contributed by atoms with Crippen molar-refractivity contribution >= 4 is 22.8 Å². The molecule has 3 rings (SSSR count). The fourth-order valence-corrected chi connectivity index (χ4v) is 2.88. The molecule has 0 unspecified atom stereocenters. The number of methoxy groups -OCH3 is 1. The maximum atomic E-state index is 11.0. The summed E-state index contributed by atoms with van der Waals surface area (Å²) < 4.78 is 5.21. The first-order valence-electron chi connectivity index (χ1n) is 7.38. The van der Waals surface area contributed by atoms with Gasteiger partial charge in [0.25, 0.3) is 0 Å². The Labute approximate surface area is 128 Å². The molecule has 0 radical (unpaired) electrons. The third-order valence-corrected chi connectivity index (χ3v) is 4.16. The molecule has 0 spiro atoms. The fourth-order valence-electron chi connectivity index (χ4n) is 2.88. The van der Waals surface area contributed by atoms with Crippen molar-refractivity contribution < 1.29 is 14.6 Å². The molecule has 1 aliphatic rings. The predicted molar refractivity (Wildman–Crippen MR) is 83.4 cm³/mol. The summed E-state index contributed by atoms with van der Waals surface area (Å²) in [6, 6.07) is 5.64. The normalized spacial score (nSPS) is 16.0. The maximum absolute atomic E-state index is 11.0. The minimum Gasteiger partial charge on any atom is -0.497 e. The number of hydrogen-bond donors (Lipinski definition) is 1. The van der Waals surface area contributed by atoms with Crippen molar-refractivity contribution in [3.05, 3.63) is 23.9 Å². The van der Waals surface area contributed by atoms with Crippen molar-refractivity contribution in [2.24, 2.45) is 5.92 Å². The van der Waals surface area contributed by atoms with E-state index in [4.69, 9.17) is 14.8 Å². The molecule has 0 atom stereocenters. The molecule has 1 aromatic heterocycles. The lowest BCUT2D eigenvalue weighted by Crippen LogP contribution is -2.37. The number of aryl methyl sites for hydroxylation is 1. The summed E-state index contributed by atoms with van der Waals surface area (Å²) in [6.07, 6.45) is 1.30. The van der Waals surface area contributed by atoms with Crippen LogP contribution >= 0.6 is 0 Å². The van der Waals surface area contributed by atoms with Crippen molar-refractivity contribution in [1.82, 2.24) is 9.97 Å². The summed E-state index contributed by atoms with van der Waals surface area (Å²) in [7, 11) is 1.63. The third-order valence-electron chi connectivity index (χ3n) is 4.16. The average Bonchev–Trinajstić information content (AvgIpc) is 2.53. The zero-order valence-electron chi connectivity index (χ0n) is 12.7. The van der Waals surface area contributed by atoms with Gasteiger partial charge >= 0.3 is 5.97 Å². The molecule has 0 aliphatic carbocycles. The number of aliphatic carboxylic acids is 1. The van der Waals surface area contributed by atoms with E-state index < -0.39 is 5.97 Å². The second-order valence-corrected chi connectivity index (χ2v) is 5.59. The summed E-state index contributed by atoms with van der Waals surface area (Å²) >= 11 is 0. The Kier molecular flexibility index (Phi) is 3.83. The number of fused-ring (bicyclic) bond motifs is 1. The number of anilines is 1. The van der Waals surface area contributed by atoms with E-state index in [2.05, 4.69) is 9.88 Å². The van der Waals surface area contributed by atoms with Crippen LogP contribution in [-0.2, 0) is 4.79 Å². The minimum absolute atomic E-state index is 0.241. The Morgan fingerprint density at radius 3 is 2.64 bits per heavy atom. The van der Waals surface area contributed by atoms with E-state index in [1.807, 2.05) is 25.1 Å². The van der Waals surface area contributed by atoms with Gasteiger partial charge in [-0.1, -0.05) is 0 Å². The van der Waals surface area contributed by atoms with Crippen LogP contribution in [0.1, 0.15) is 18.5 Å². The van der Waals surface area contributed by atoms with E-state index in [9.17, 15) is 4.79 Å². The van der Waals surface area contributed by atoms with Crippen LogP contribution in [0.15, 0.2) is 18.2 Å². The number of carbonyl (C=O) groups is 1. The quantitative estimate of drug-likeness (QED) is 0.937. The van der Waals surface area contributed by atoms with E-state index in [0.717, 1.165) is 28.3 Å². The van der Waals surface area contributed by atoms with E-state index in [1.54, 1.807) is 7.11 Å². The van der Waals surface area contributed by atoms with Crippen molar-refractivity contribution in [1.29, 1.82) is 0 Å². The van der Waals surface area contributed by atoms with Crippen LogP contribution in [0.3, 0.4) is 0 Å². The van der Waals surface area contributed by atoms with Gasteiger partial charge in [-0.2, -0.15) is 0 Å². The Hall–Kier alpha value is -2.37. The van der Waals surface area contributed by atoms with Crippen LogP contribution in [0.2, 0.25) is 0 Å². The summed E-state index contributed by atoms with van der Waals surface area (Å²) in [5, 5.41) is 9.08. The molecule has 0 bridgehead atoms. The third kappa shape index (κ3) is 2.68. The van der Waals surface area contributed by atoms with Gasteiger partial charge in [0.05, 0.1) is 29.8 Å². The molecule has 1 aliphatic heterocycles. The van der Waals surface area contributed by atoms with E-state index in [0.29, 0.717) is 25.9 Å². The molecular weight excluding hydrogens is 282 g/mol. The molecule has 1 fully saturated rings. The molecule has 1 N–H and O–H groups in total. The molecule has 0 amide bonds. The SMILES string of the molecule is COc1ccc2nc(N3CCC(C(=O)O)CC3)c(C)nc2c1. The topological polar surface area (TPSA) is 75.5 Å². The lowest BCUT2D eigenvalue weighted by Gasteiger charge is -2.31. The highest BCUT2D eigenvalue weighted by atomic mass is 16.5. The van der Waals surface area contributed by atoms with E-state index in [1.165, 1.54) is 0 Å². The van der Waals surface area contributed by atoms with Gasteiger partial charge in [0.2, 0.25) is 0 Å². The van der Waals surface area contributed by atoms with Crippen LogP contribution in [0, 0.1) is 12.8 Å². The number of rotatable bonds is 3. The standard InChI is InChI=1S/C16H19N3O3/c1-10-15(19-7-5-11(6-8-19)16(20)21)18-13-4-3-12(22-2)9-14(13)17-10/h3-4,9,11H,5-8H2,1-2H3,(H,20,21). The fraction of sp³-hybridized carbons (Fsp3) is 0.438.